The summed E-state index contributed by atoms with van der Waals surface area (Å²) in [6, 6.07) is 4.79. The molecule has 12 heteroatoms. The zero-order chi connectivity index (χ0) is 26.7. The minimum atomic E-state index is -1.25. The number of carboxylic acids is 1. The number of nitrogens with one attached hydrogen (secondary N) is 4. The largest absolute Gasteiger partial charge is 0.480 e. The van der Waals surface area contributed by atoms with Gasteiger partial charge in [0.25, 0.3) is 0 Å². The molecule has 4 atom stereocenters. The molecule has 0 aliphatic rings. The van der Waals surface area contributed by atoms with Crippen LogP contribution in [0.4, 0.5) is 0 Å². The Labute approximate surface area is 215 Å². The summed E-state index contributed by atoms with van der Waals surface area (Å²) < 4.78 is 0. The van der Waals surface area contributed by atoms with Gasteiger partial charge in [-0.25, -0.2) is 9.78 Å². The van der Waals surface area contributed by atoms with Crippen LogP contribution in [0.15, 0.2) is 42.9 Å². The number of carboxylic acid groups (broad SMARTS) is 1. The maximum Gasteiger partial charge on any atom is 0.326 e. The second kappa shape index (κ2) is 14.2. The van der Waals surface area contributed by atoms with Gasteiger partial charge in [0.1, 0.15) is 18.1 Å². The lowest BCUT2D eigenvalue weighted by Crippen LogP contribution is -2.58. The Morgan fingerprint density at radius 1 is 0.972 bits per heavy atom. The Hall–Kier alpha value is -3.38. The molecule has 2 rings (SSSR count). The van der Waals surface area contributed by atoms with Crippen molar-refractivity contribution in [1.82, 2.24) is 25.9 Å². The van der Waals surface area contributed by atoms with Crippen LogP contribution in [0.5, 0.6) is 0 Å². The predicted molar refractivity (Wildman–Crippen MR) is 137 cm³/mol. The third kappa shape index (κ3) is 9.34. The molecule has 0 aliphatic heterocycles. The molecule has 11 nitrogen and oxygen atoms in total. The first-order valence-electron chi connectivity index (χ1n) is 11.6. The maximum atomic E-state index is 13.1. The molecule has 7 N–H and O–H groups in total. The number of carbonyl (C=O) groups excluding carboxylic acids is 3. The van der Waals surface area contributed by atoms with Crippen LogP contribution >= 0.6 is 12.6 Å². The Morgan fingerprint density at radius 2 is 1.58 bits per heavy atom. The second-order valence-corrected chi connectivity index (χ2v) is 9.28. The first-order chi connectivity index (χ1) is 17.1. The molecular formula is C24H34N6O5S. The number of hydrogen-bond acceptors (Lipinski definition) is 7. The molecule has 0 bridgehead atoms. The molecule has 0 saturated carbocycles. The number of amides is 3. The molecule has 1 aromatic carbocycles. The minimum absolute atomic E-state index is 0.0177. The third-order valence-electron chi connectivity index (χ3n) is 5.39. The van der Waals surface area contributed by atoms with E-state index in [0.29, 0.717) is 12.1 Å². The summed E-state index contributed by atoms with van der Waals surface area (Å²) in [5.74, 6) is -2.87. The number of hydrogen-bond donors (Lipinski definition) is 7. The highest BCUT2D eigenvalue weighted by atomic mass is 32.1. The normalized spacial score (nSPS) is 14.4. The lowest BCUT2D eigenvalue weighted by Gasteiger charge is -2.25. The highest BCUT2D eigenvalue weighted by Gasteiger charge is 2.30. The fourth-order valence-corrected chi connectivity index (χ4v) is 3.76. The van der Waals surface area contributed by atoms with Crippen molar-refractivity contribution >= 4 is 36.3 Å². The van der Waals surface area contributed by atoms with Gasteiger partial charge >= 0.3 is 5.97 Å². The van der Waals surface area contributed by atoms with E-state index in [0.717, 1.165) is 5.56 Å². The van der Waals surface area contributed by atoms with Gasteiger partial charge in [0.15, 0.2) is 0 Å². The van der Waals surface area contributed by atoms with Crippen molar-refractivity contribution in [2.24, 2.45) is 11.7 Å². The Kier molecular flexibility index (Phi) is 11.4. The molecule has 3 amide bonds. The summed E-state index contributed by atoms with van der Waals surface area (Å²) in [6.07, 6.45) is 3.41. The minimum Gasteiger partial charge on any atom is -0.480 e. The van der Waals surface area contributed by atoms with Crippen LogP contribution in [-0.4, -0.2) is 68.7 Å². The van der Waals surface area contributed by atoms with Crippen LogP contribution in [0, 0.1) is 5.92 Å². The zero-order valence-electron chi connectivity index (χ0n) is 20.3. The standard InChI is InChI=1S/C24H34N6O5S/c1-14(2)8-17(25)21(31)30-20(12-36)23(33)28-18(9-15-6-4-3-5-7-15)22(32)29-19(24(34)35)10-16-11-26-13-27-16/h3-7,11,13-14,17-20,36H,8-10,12,25H2,1-2H3,(H,26,27)(H,28,33)(H,29,32)(H,30,31)(H,34,35). The van der Waals surface area contributed by atoms with E-state index in [9.17, 15) is 24.3 Å². The predicted octanol–water partition coefficient (Wildman–Crippen LogP) is 0.0371. The first-order valence-corrected chi connectivity index (χ1v) is 12.3. The van der Waals surface area contributed by atoms with Crippen molar-refractivity contribution < 1.29 is 24.3 Å². The summed E-state index contributed by atoms with van der Waals surface area (Å²) >= 11 is 4.17. The Bertz CT molecular complexity index is 1000. The van der Waals surface area contributed by atoms with E-state index >= 15 is 0 Å². The van der Waals surface area contributed by atoms with Crippen LogP contribution < -0.4 is 21.7 Å². The molecular weight excluding hydrogens is 484 g/mol. The lowest BCUT2D eigenvalue weighted by molar-refractivity contribution is -0.142. The van der Waals surface area contributed by atoms with Gasteiger partial charge in [-0.3, -0.25) is 14.4 Å². The maximum absolute atomic E-state index is 13.1. The Balaban J connectivity index is 2.15. The summed E-state index contributed by atoms with van der Waals surface area (Å²) in [6.45, 7) is 3.86. The van der Waals surface area contributed by atoms with Crippen molar-refractivity contribution in [2.75, 3.05) is 5.75 Å². The van der Waals surface area contributed by atoms with Gasteiger partial charge in [0, 0.05) is 30.5 Å². The molecule has 2 aromatic rings. The van der Waals surface area contributed by atoms with Crippen LogP contribution in [0.2, 0.25) is 0 Å². The molecule has 1 heterocycles. The van der Waals surface area contributed by atoms with Crippen molar-refractivity contribution in [3.05, 3.63) is 54.1 Å². The highest BCUT2D eigenvalue weighted by Crippen LogP contribution is 2.07. The average molecular weight is 519 g/mol. The van der Waals surface area contributed by atoms with Gasteiger partial charge in [-0.1, -0.05) is 44.2 Å². The number of nitrogens with zero attached hydrogens (tertiary/aromatic N) is 1. The zero-order valence-corrected chi connectivity index (χ0v) is 21.2. The summed E-state index contributed by atoms with van der Waals surface area (Å²) in [5, 5.41) is 17.3. The Morgan fingerprint density at radius 3 is 2.14 bits per heavy atom. The molecule has 0 aliphatic carbocycles. The van der Waals surface area contributed by atoms with Crippen molar-refractivity contribution in [3.63, 3.8) is 0 Å². The topological polar surface area (TPSA) is 179 Å². The highest BCUT2D eigenvalue weighted by molar-refractivity contribution is 7.80. The van der Waals surface area contributed by atoms with Gasteiger partial charge < -0.3 is 31.8 Å². The molecule has 0 saturated heterocycles. The van der Waals surface area contributed by atoms with E-state index in [1.54, 1.807) is 24.3 Å². The molecule has 4 unspecified atom stereocenters. The molecule has 36 heavy (non-hydrogen) atoms. The van der Waals surface area contributed by atoms with E-state index in [1.807, 2.05) is 19.9 Å². The number of thiol groups is 1. The van der Waals surface area contributed by atoms with E-state index in [-0.39, 0.29) is 24.5 Å². The monoisotopic (exact) mass is 518 g/mol. The fraction of sp³-hybridized carbons (Fsp3) is 0.458. The number of carbonyl (C=O) groups is 4. The first kappa shape index (κ1) is 28.9. The molecule has 0 radical (unpaired) electrons. The molecule has 0 spiro atoms. The number of aliphatic carboxylic acids is 1. The van der Waals surface area contributed by atoms with E-state index < -0.39 is 47.9 Å². The molecule has 0 fully saturated rings. The second-order valence-electron chi connectivity index (χ2n) is 8.91. The van der Waals surface area contributed by atoms with Crippen molar-refractivity contribution in [1.29, 1.82) is 0 Å². The van der Waals surface area contributed by atoms with Crippen LogP contribution in [0.25, 0.3) is 0 Å². The van der Waals surface area contributed by atoms with Gasteiger partial charge in [-0.15, -0.1) is 0 Å². The molecule has 196 valence electrons. The third-order valence-corrected chi connectivity index (χ3v) is 5.75. The van der Waals surface area contributed by atoms with Crippen LogP contribution in [0.3, 0.4) is 0 Å². The van der Waals surface area contributed by atoms with Crippen LogP contribution in [0.1, 0.15) is 31.5 Å². The van der Waals surface area contributed by atoms with E-state index in [4.69, 9.17) is 5.73 Å². The summed E-state index contributed by atoms with van der Waals surface area (Å²) in [4.78, 5) is 57.0. The molecule has 1 aromatic heterocycles. The number of nitrogens with two attached hydrogens (primary N) is 1. The number of imidazole rings is 1. The number of benzene rings is 1. The quantitative estimate of drug-likeness (QED) is 0.172. The van der Waals surface area contributed by atoms with Crippen molar-refractivity contribution in [2.45, 2.75) is 57.3 Å². The lowest BCUT2D eigenvalue weighted by atomic mass is 10.0. The van der Waals surface area contributed by atoms with Gasteiger partial charge in [0.2, 0.25) is 17.7 Å². The van der Waals surface area contributed by atoms with Gasteiger partial charge in [-0.2, -0.15) is 12.6 Å². The fourth-order valence-electron chi connectivity index (χ4n) is 3.51. The number of H-pyrrole nitrogens is 1. The average Bonchev–Trinajstić information content (AvgIpc) is 3.34. The number of aromatic nitrogens is 2. The smallest absolute Gasteiger partial charge is 0.326 e. The van der Waals surface area contributed by atoms with E-state index in [2.05, 4.69) is 38.5 Å². The van der Waals surface area contributed by atoms with Crippen LogP contribution in [-0.2, 0) is 32.0 Å². The summed E-state index contributed by atoms with van der Waals surface area (Å²) in [5.41, 5.74) is 7.20. The SMILES string of the molecule is CC(C)CC(N)C(=O)NC(CS)C(=O)NC(Cc1ccccc1)C(=O)NC(Cc1cnc[nH]1)C(=O)O. The number of rotatable bonds is 14. The van der Waals surface area contributed by atoms with Crippen molar-refractivity contribution in [3.8, 4) is 0 Å². The van der Waals surface area contributed by atoms with Gasteiger partial charge in [-0.05, 0) is 17.9 Å². The van der Waals surface area contributed by atoms with E-state index in [1.165, 1.54) is 12.5 Å². The number of aromatic amines is 1. The van der Waals surface area contributed by atoms with Gasteiger partial charge in [0.05, 0.1) is 12.4 Å². The summed E-state index contributed by atoms with van der Waals surface area (Å²) in [7, 11) is 0.